The fourth-order valence-corrected chi connectivity index (χ4v) is 4.53. The number of nitrogens with zero attached hydrogens (tertiary/aromatic N) is 1. The summed E-state index contributed by atoms with van der Waals surface area (Å²) in [5.41, 5.74) is 2.21. The molecule has 1 aliphatic heterocycles. The monoisotopic (exact) mass is 339 g/mol. The van der Waals surface area contributed by atoms with Crippen LogP contribution in [0.25, 0.3) is 0 Å². The van der Waals surface area contributed by atoms with E-state index >= 15 is 0 Å². The van der Waals surface area contributed by atoms with Gasteiger partial charge in [-0.1, -0.05) is 17.7 Å². The van der Waals surface area contributed by atoms with Crippen molar-refractivity contribution in [2.45, 2.75) is 24.9 Å². The van der Waals surface area contributed by atoms with Crippen LogP contribution < -0.4 is 0 Å². The number of sulfonamides is 1. The zero-order valence-electron chi connectivity index (χ0n) is 11.7. The molecular formula is C15H14ClNO4S. The highest BCUT2D eigenvalue weighted by atomic mass is 35.5. The Kier molecular flexibility index (Phi) is 3.55. The van der Waals surface area contributed by atoms with E-state index < -0.39 is 10.0 Å². The van der Waals surface area contributed by atoms with E-state index in [-0.39, 0.29) is 34.5 Å². The first-order valence-corrected chi connectivity index (χ1v) is 8.41. The second kappa shape index (κ2) is 5.15. The molecule has 0 spiro atoms. The standard InChI is InChI=1S/C15H14ClNO4S/c1-9-4-13(19)15(16)14(5-9)22(20,21)17-7-10-2-3-12(18)6-11(10)8-17/h2-6,18-19H,7-8H2,1H3. The maximum Gasteiger partial charge on any atom is 0.245 e. The van der Waals surface area contributed by atoms with Gasteiger partial charge < -0.3 is 10.2 Å². The lowest BCUT2D eigenvalue weighted by Gasteiger charge is -2.17. The molecule has 2 aromatic carbocycles. The highest BCUT2D eigenvalue weighted by Gasteiger charge is 2.33. The maximum absolute atomic E-state index is 12.8. The van der Waals surface area contributed by atoms with Gasteiger partial charge in [0.15, 0.2) is 0 Å². The van der Waals surface area contributed by atoms with Crippen molar-refractivity contribution >= 4 is 21.6 Å². The Hall–Kier alpha value is -1.76. The van der Waals surface area contributed by atoms with E-state index in [0.29, 0.717) is 5.56 Å². The Morgan fingerprint density at radius 1 is 1.09 bits per heavy atom. The largest absolute Gasteiger partial charge is 0.508 e. The molecule has 7 heteroatoms. The van der Waals surface area contributed by atoms with Gasteiger partial charge in [-0.25, -0.2) is 8.42 Å². The number of fused-ring (bicyclic) bond motifs is 1. The van der Waals surface area contributed by atoms with E-state index in [2.05, 4.69) is 0 Å². The van der Waals surface area contributed by atoms with Gasteiger partial charge in [0.2, 0.25) is 10.0 Å². The van der Waals surface area contributed by atoms with E-state index in [0.717, 1.165) is 11.1 Å². The summed E-state index contributed by atoms with van der Waals surface area (Å²) in [5, 5.41) is 19.1. The molecule has 0 fully saturated rings. The Morgan fingerprint density at radius 3 is 2.50 bits per heavy atom. The van der Waals surface area contributed by atoms with Crippen molar-refractivity contribution in [3.63, 3.8) is 0 Å². The van der Waals surface area contributed by atoms with Gasteiger partial charge in [-0.15, -0.1) is 0 Å². The molecule has 0 unspecified atom stereocenters. The number of aryl methyl sites for hydroxylation is 1. The van der Waals surface area contributed by atoms with Crippen molar-refractivity contribution in [1.82, 2.24) is 4.31 Å². The quantitative estimate of drug-likeness (QED) is 0.882. The van der Waals surface area contributed by atoms with Gasteiger partial charge in [0.05, 0.1) is 0 Å². The second-order valence-electron chi connectivity index (χ2n) is 5.32. The molecule has 1 aliphatic rings. The summed E-state index contributed by atoms with van der Waals surface area (Å²) in [6.45, 7) is 2.06. The number of phenolic OH excluding ortho intramolecular Hbond substituents is 2. The van der Waals surface area contributed by atoms with Crippen LogP contribution in [0.4, 0.5) is 0 Å². The summed E-state index contributed by atoms with van der Waals surface area (Å²) in [6.07, 6.45) is 0. The van der Waals surface area contributed by atoms with Crippen molar-refractivity contribution < 1.29 is 18.6 Å². The third-order valence-electron chi connectivity index (χ3n) is 3.67. The lowest BCUT2D eigenvalue weighted by atomic mass is 10.1. The number of benzene rings is 2. The molecule has 0 aromatic heterocycles. The van der Waals surface area contributed by atoms with Gasteiger partial charge in [0.1, 0.15) is 21.4 Å². The normalized spacial score (nSPS) is 15.0. The molecule has 116 valence electrons. The van der Waals surface area contributed by atoms with Crippen LogP contribution in [0.15, 0.2) is 35.2 Å². The highest BCUT2D eigenvalue weighted by Crippen LogP contribution is 2.37. The van der Waals surface area contributed by atoms with E-state index in [1.54, 1.807) is 19.1 Å². The number of rotatable bonds is 2. The van der Waals surface area contributed by atoms with E-state index in [1.807, 2.05) is 0 Å². The van der Waals surface area contributed by atoms with Gasteiger partial charge >= 0.3 is 0 Å². The molecule has 2 aromatic rings. The van der Waals surface area contributed by atoms with Crippen LogP contribution in [-0.4, -0.2) is 22.9 Å². The molecule has 3 rings (SSSR count). The van der Waals surface area contributed by atoms with Crippen LogP contribution in [-0.2, 0) is 23.1 Å². The molecule has 2 N–H and O–H groups in total. The molecule has 0 amide bonds. The Labute approximate surface area is 133 Å². The maximum atomic E-state index is 12.8. The SMILES string of the molecule is Cc1cc(O)c(Cl)c(S(=O)(=O)N2Cc3ccc(O)cc3C2)c1. The number of hydrogen-bond acceptors (Lipinski definition) is 4. The molecule has 0 bridgehead atoms. The van der Waals surface area contributed by atoms with Crippen LogP contribution in [0, 0.1) is 6.92 Å². The molecule has 0 radical (unpaired) electrons. The van der Waals surface area contributed by atoms with E-state index in [1.165, 1.54) is 22.5 Å². The van der Waals surface area contributed by atoms with Crippen LogP contribution >= 0.6 is 11.6 Å². The molecule has 22 heavy (non-hydrogen) atoms. The van der Waals surface area contributed by atoms with Gasteiger partial charge in [-0.2, -0.15) is 4.31 Å². The minimum atomic E-state index is -3.84. The van der Waals surface area contributed by atoms with Crippen molar-refractivity contribution in [1.29, 1.82) is 0 Å². The zero-order valence-corrected chi connectivity index (χ0v) is 13.3. The second-order valence-corrected chi connectivity index (χ2v) is 7.61. The molecule has 0 aliphatic carbocycles. The molecule has 1 heterocycles. The van der Waals surface area contributed by atoms with Gasteiger partial charge in [-0.05, 0) is 47.9 Å². The van der Waals surface area contributed by atoms with Gasteiger partial charge in [0.25, 0.3) is 0 Å². The lowest BCUT2D eigenvalue weighted by Crippen LogP contribution is -2.26. The van der Waals surface area contributed by atoms with Crippen LogP contribution in [0.1, 0.15) is 16.7 Å². The number of halogens is 1. The summed E-state index contributed by atoms with van der Waals surface area (Å²) in [7, 11) is -3.84. The van der Waals surface area contributed by atoms with E-state index in [9.17, 15) is 18.6 Å². The fourth-order valence-electron chi connectivity index (χ4n) is 2.56. The first-order valence-electron chi connectivity index (χ1n) is 6.59. The molecule has 0 saturated heterocycles. The topological polar surface area (TPSA) is 77.8 Å². The predicted octanol–water partition coefficient (Wildman–Crippen LogP) is 2.76. The predicted molar refractivity (Wildman–Crippen MR) is 82.4 cm³/mol. The summed E-state index contributed by atoms with van der Waals surface area (Å²) in [4.78, 5) is -0.108. The number of hydrogen-bond donors (Lipinski definition) is 2. The van der Waals surface area contributed by atoms with Gasteiger partial charge in [-0.3, -0.25) is 0 Å². The van der Waals surface area contributed by atoms with Crippen LogP contribution in [0.5, 0.6) is 11.5 Å². The summed E-state index contributed by atoms with van der Waals surface area (Å²) < 4.78 is 26.8. The van der Waals surface area contributed by atoms with Crippen molar-refractivity contribution in [2.24, 2.45) is 0 Å². The first kappa shape index (κ1) is 15.1. The van der Waals surface area contributed by atoms with Crippen LogP contribution in [0.2, 0.25) is 5.02 Å². The summed E-state index contributed by atoms with van der Waals surface area (Å²) >= 11 is 5.97. The lowest BCUT2D eigenvalue weighted by molar-refractivity contribution is 0.429. The molecule has 5 nitrogen and oxygen atoms in total. The Bertz CT molecular complexity index is 864. The molecule has 0 saturated carbocycles. The minimum absolute atomic E-state index is 0.101. The Morgan fingerprint density at radius 2 is 1.77 bits per heavy atom. The Balaban J connectivity index is 2.03. The average molecular weight is 340 g/mol. The van der Waals surface area contributed by atoms with Gasteiger partial charge in [0, 0.05) is 13.1 Å². The highest BCUT2D eigenvalue weighted by molar-refractivity contribution is 7.89. The average Bonchev–Trinajstić information content (AvgIpc) is 2.86. The van der Waals surface area contributed by atoms with Crippen LogP contribution in [0.3, 0.4) is 0 Å². The molecule has 0 atom stereocenters. The molecular weight excluding hydrogens is 326 g/mol. The van der Waals surface area contributed by atoms with Crippen molar-refractivity contribution in [2.75, 3.05) is 0 Å². The van der Waals surface area contributed by atoms with Crippen molar-refractivity contribution in [3.8, 4) is 11.5 Å². The summed E-state index contributed by atoms with van der Waals surface area (Å²) in [5.74, 6) is -0.154. The van der Waals surface area contributed by atoms with E-state index in [4.69, 9.17) is 11.6 Å². The summed E-state index contributed by atoms with van der Waals surface area (Å²) in [6, 6.07) is 7.64. The third-order valence-corrected chi connectivity index (χ3v) is 5.99. The number of phenols is 2. The van der Waals surface area contributed by atoms with Crippen molar-refractivity contribution in [3.05, 3.63) is 52.0 Å². The number of aromatic hydroxyl groups is 2. The fraction of sp³-hybridized carbons (Fsp3) is 0.200. The third kappa shape index (κ3) is 2.43. The minimum Gasteiger partial charge on any atom is -0.508 e. The smallest absolute Gasteiger partial charge is 0.245 e. The zero-order chi connectivity index (χ0) is 16.1. The first-order chi connectivity index (χ1) is 10.3.